The van der Waals surface area contributed by atoms with E-state index < -0.39 is 84.5 Å². The molecule has 0 radical (unpaired) electrons. The third kappa shape index (κ3) is 19.9. The molecular formula is C22H37N5O22P6-6. The minimum Gasteiger partial charge on any atom is -0.756 e. The molecule has 2 rings (SSSR count). The predicted octanol–water partition coefficient (Wildman–Crippen LogP) is 1.02. The van der Waals surface area contributed by atoms with Crippen LogP contribution in [0.4, 0.5) is 0 Å². The molecule has 1 saturated heterocycles. The van der Waals surface area contributed by atoms with Crippen molar-refractivity contribution in [1.82, 2.24) is 10.2 Å². The normalized spacial score (nSPS) is 25.6. The molecule has 0 aromatic rings. The van der Waals surface area contributed by atoms with Crippen LogP contribution in [0.25, 0.3) is 10.4 Å². The van der Waals surface area contributed by atoms with Crippen LogP contribution in [0.2, 0.25) is 0 Å². The van der Waals surface area contributed by atoms with Gasteiger partial charge in [0.1, 0.15) is 18.2 Å². The highest BCUT2D eigenvalue weighted by atomic mass is 31.3. The fraction of sp³-hybridized carbons (Fsp3) is 0.773. The summed E-state index contributed by atoms with van der Waals surface area (Å²) >= 11 is 0. The molecule has 0 saturated carbocycles. The predicted molar refractivity (Wildman–Crippen MR) is 171 cm³/mol. The summed E-state index contributed by atoms with van der Waals surface area (Å²) < 4.78 is 102. The summed E-state index contributed by atoms with van der Waals surface area (Å²) in [7, 11) is -39.0. The number of aliphatic hydroxyl groups is 1. The van der Waals surface area contributed by atoms with E-state index in [2.05, 4.69) is 52.5 Å². The van der Waals surface area contributed by atoms with Crippen LogP contribution in [0.1, 0.15) is 71.1 Å². The lowest BCUT2D eigenvalue weighted by molar-refractivity contribution is -0.256. The largest absolute Gasteiger partial charge is 0.756 e. The quantitative estimate of drug-likeness (QED) is 0.0382. The second-order valence-corrected chi connectivity index (χ2v) is 20.6. The number of nitrogens with one attached hydrogen (secondary N) is 1. The molecule has 0 aromatic heterocycles. The van der Waals surface area contributed by atoms with Crippen LogP contribution >= 0.6 is 46.9 Å². The maximum atomic E-state index is 12.1. The number of carbonyl (C=O) groups is 1. The standard InChI is InChI=1S/C22H43N5O22P6/c1-17-15-27(18(2)25-22(17)29)21-14-19(28)20(44-21)16-43-51(32,33)46-53(36,37)48-55(40,41)49-54(38,39)47-52(34,35)45-50(30,31)42-13-11-9-7-5-3-4-6-8-10-12-24-26-23/h15,19-21,28H,2-14,16H2,1H3,(H,25,29)(H,30,31)(H,32,33)(H,34,35)(H,36,37)(H,38,39)(H,40,41)/p-6/t19-,20-,21-/m1/s1. The molecule has 55 heavy (non-hydrogen) atoms. The lowest BCUT2D eigenvalue weighted by atomic mass is 10.1. The number of nitrogens with zero attached hydrogens (tertiary/aromatic N) is 4. The summed E-state index contributed by atoms with van der Waals surface area (Å²) in [5.74, 6) is -0.441. The van der Waals surface area contributed by atoms with Crippen LogP contribution in [0.15, 0.2) is 29.3 Å². The Morgan fingerprint density at radius 1 is 0.818 bits per heavy atom. The number of phosphoric acid groups is 6. The van der Waals surface area contributed by atoms with Crippen molar-refractivity contribution < 1.29 is 102 Å². The van der Waals surface area contributed by atoms with Crippen molar-refractivity contribution in [1.29, 1.82) is 0 Å². The Bertz CT molecular complexity index is 1730. The third-order valence-electron chi connectivity index (χ3n) is 6.89. The second-order valence-electron chi connectivity index (χ2n) is 11.4. The molecule has 2 aliphatic rings. The van der Waals surface area contributed by atoms with Crippen molar-refractivity contribution in [3.8, 4) is 0 Å². The molecule has 9 atom stereocenters. The molecule has 1 fully saturated rings. The van der Waals surface area contributed by atoms with Gasteiger partial charge in [0.2, 0.25) is 0 Å². The van der Waals surface area contributed by atoms with Crippen molar-refractivity contribution in [2.75, 3.05) is 19.8 Å². The van der Waals surface area contributed by atoms with Crippen LogP contribution in [-0.4, -0.2) is 54.1 Å². The van der Waals surface area contributed by atoms with Gasteiger partial charge in [-0.2, -0.15) is 0 Å². The average Bonchev–Trinajstić information content (AvgIpc) is 3.37. The number of rotatable bonds is 27. The molecular weight excluding hydrogens is 872 g/mol. The van der Waals surface area contributed by atoms with E-state index in [1.807, 2.05) is 0 Å². The van der Waals surface area contributed by atoms with Gasteiger partial charge in [0, 0.05) is 29.7 Å². The van der Waals surface area contributed by atoms with Gasteiger partial charge in [-0.25, -0.2) is 21.6 Å². The van der Waals surface area contributed by atoms with Crippen LogP contribution in [0, 0.1) is 0 Å². The third-order valence-corrected chi connectivity index (χ3v) is 15.9. The van der Waals surface area contributed by atoms with Crippen molar-refractivity contribution in [3.05, 3.63) is 34.6 Å². The van der Waals surface area contributed by atoms with Gasteiger partial charge in [-0.15, -0.1) is 0 Å². The Kier molecular flexibility index (Phi) is 19.7. The van der Waals surface area contributed by atoms with Crippen molar-refractivity contribution >= 4 is 52.8 Å². The molecule has 6 unspecified atom stereocenters. The molecule has 2 heterocycles. The topological polar surface area (TPSA) is 416 Å². The molecule has 0 bridgehead atoms. The van der Waals surface area contributed by atoms with Crippen LogP contribution < -0.4 is 34.7 Å². The Morgan fingerprint density at radius 3 is 1.75 bits per heavy atom. The molecule has 0 aliphatic carbocycles. The lowest BCUT2D eigenvalue weighted by Gasteiger charge is -2.38. The number of amides is 1. The summed E-state index contributed by atoms with van der Waals surface area (Å²) in [5.41, 5.74) is 8.42. The number of hydrogen-bond acceptors (Lipinski definition) is 24. The number of unbranched alkanes of at least 4 members (excludes halogenated alkanes) is 8. The number of ether oxygens (including phenoxy) is 1. The molecule has 0 aromatic carbocycles. The van der Waals surface area contributed by atoms with Gasteiger partial charge in [0.05, 0.1) is 19.3 Å². The van der Waals surface area contributed by atoms with E-state index in [0.717, 1.165) is 38.5 Å². The number of phosphoric ester groups is 2. The SMILES string of the molecule is C=C1NC(=O)C(C)=CN1[C@H]1C[C@@H](O)[C@@H](COP(=O)([O-])OP(=O)([O-])OP(=O)([O-])OP(=O)([O-])OP(=O)([O-])OP(=O)([O-])OCCCCCCCCCCCN=[N+]=[N-])O1. The minimum atomic E-state index is -6.88. The maximum Gasteiger partial charge on any atom is 0.280 e. The molecule has 27 nitrogen and oxygen atoms in total. The van der Waals surface area contributed by atoms with Gasteiger partial charge in [-0.1, -0.05) is 56.6 Å². The van der Waals surface area contributed by atoms with Crippen molar-refractivity contribution in [3.63, 3.8) is 0 Å². The summed E-state index contributed by atoms with van der Waals surface area (Å²) in [5, 5.41) is 16.1. The van der Waals surface area contributed by atoms with E-state index in [-0.39, 0.29) is 24.2 Å². The van der Waals surface area contributed by atoms with Crippen LogP contribution in [-0.2, 0) is 67.5 Å². The molecule has 33 heteroatoms. The summed E-state index contributed by atoms with van der Waals surface area (Å²) in [4.78, 5) is 87.2. The average molecular weight is 909 g/mol. The zero-order valence-corrected chi connectivity index (χ0v) is 34.1. The number of carbonyl (C=O) groups excluding carboxylic acids is 1. The Morgan fingerprint density at radius 2 is 1.25 bits per heavy atom. The smallest absolute Gasteiger partial charge is 0.280 e. The van der Waals surface area contributed by atoms with Gasteiger partial charge in [-0.05, 0) is 25.3 Å². The Balaban J connectivity index is 1.79. The van der Waals surface area contributed by atoms with Crippen molar-refractivity contribution in [2.45, 2.75) is 89.6 Å². The fourth-order valence-electron chi connectivity index (χ4n) is 4.56. The zero-order chi connectivity index (χ0) is 41.7. The number of azide groups is 1. The van der Waals surface area contributed by atoms with E-state index in [9.17, 15) is 66.7 Å². The van der Waals surface area contributed by atoms with E-state index in [0.29, 0.717) is 19.4 Å². The highest BCUT2D eigenvalue weighted by Crippen LogP contribution is 2.70. The first kappa shape index (κ1) is 50.0. The highest BCUT2D eigenvalue weighted by Gasteiger charge is 2.40. The Labute approximate surface area is 313 Å². The first-order valence-electron chi connectivity index (χ1n) is 15.8. The lowest BCUT2D eigenvalue weighted by Crippen LogP contribution is -2.42. The fourth-order valence-corrected chi connectivity index (χ4v) is 12.1. The van der Waals surface area contributed by atoms with E-state index >= 15 is 0 Å². The van der Waals surface area contributed by atoms with Gasteiger partial charge >= 0.3 is 0 Å². The maximum absolute atomic E-state index is 12.1. The first-order chi connectivity index (χ1) is 25.3. The summed E-state index contributed by atoms with van der Waals surface area (Å²) in [6.07, 6.45) is 3.51. The number of aliphatic hydroxyl groups excluding tert-OH is 1. The van der Waals surface area contributed by atoms with Crippen LogP contribution in [0.5, 0.6) is 0 Å². The summed E-state index contributed by atoms with van der Waals surface area (Å²) in [6, 6.07) is 0. The Hall–Kier alpha value is -1.16. The number of hydrogen-bond donors (Lipinski definition) is 2. The second kappa shape index (κ2) is 21.7. The summed E-state index contributed by atoms with van der Waals surface area (Å²) in [6.45, 7) is 3.72. The minimum absolute atomic E-state index is 0.0342. The van der Waals surface area contributed by atoms with Gasteiger partial charge in [0.15, 0.2) is 0 Å². The zero-order valence-electron chi connectivity index (χ0n) is 28.7. The van der Waals surface area contributed by atoms with E-state index in [1.165, 1.54) is 18.0 Å². The van der Waals surface area contributed by atoms with Gasteiger partial charge < -0.3 is 58.5 Å². The highest BCUT2D eigenvalue weighted by molar-refractivity contribution is 7.71. The first-order valence-corrected chi connectivity index (χ1v) is 24.6. The molecule has 318 valence electrons. The van der Waals surface area contributed by atoms with E-state index in [1.54, 1.807) is 0 Å². The van der Waals surface area contributed by atoms with Gasteiger partial charge in [-0.3, -0.25) is 32.2 Å². The van der Waals surface area contributed by atoms with Crippen LogP contribution in [0.3, 0.4) is 0 Å². The van der Waals surface area contributed by atoms with Crippen molar-refractivity contribution in [2.24, 2.45) is 5.11 Å². The van der Waals surface area contributed by atoms with Gasteiger partial charge in [0.25, 0.3) is 52.8 Å². The molecule has 2 N–H and O–H groups in total. The monoisotopic (exact) mass is 909 g/mol. The molecule has 1 amide bonds. The molecule has 0 spiro atoms. The molecule has 2 aliphatic heterocycles. The van der Waals surface area contributed by atoms with E-state index in [4.69, 9.17) is 10.3 Å².